The summed E-state index contributed by atoms with van der Waals surface area (Å²) in [6, 6.07) is 3.78. The van der Waals surface area contributed by atoms with Crippen LogP contribution in [0.3, 0.4) is 0 Å². The van der Waals surface area contributed by atoms with Crippen LogP contribution in [-0.4, -0.2) is 37.0 Å². The number of rotatable bonds is 5. The number of furan rings is 1. The highest BCUT2D eigenvalue weighted by molar-refractivity contribution is 5.91. The zero-order chi connectivity index (χ0) is 14.4. The van der Waals surface area contributed by atoms with Crippen molar-refractivity contribution >= 4 is 24.4 Å². The van der Waals surface area contributed by atoms with E-state index in [0.29, 0.717) is 5.92 Å². The molecule has 1 N–H and O–H groups in total. The molecule has 1 fully saturated rings. The van der Waals surface area contributed by atoms with Crippen molar-refractivity contribution in [1.82, 2.24) is 10.2 Å². The molecule has 2 rings (SSSR count). The fourth-order valence-corrected chi connectivity index (χ4v) is 2.51. The van der Waals surface area contributed by atoms with Crippen molar-refractivity contribution in [1.29, 1.82) is 0 Å². The lowest BCUT2D eigenvalue weighted by Gasteiger charge is -2.31. The average molecular weight is 313 g/mol. The van der Waals surface area contributed by atoms with Crippen molar-refractivity contribution in [2.75, 3.05) is 26.2 Å². The quantitative estimate of drug-likeness (QED) is 0.850. The molecular weight excluding hydrogens is 288 g/mol. The molecule has 1 aliphatic heterocycles. The molecule has 0 spiro atoms. The van der Waals surface area contributed by atoms with Gasteiger partial charge in [0.1, 0.15) is 11.5 Å². The number of carbonyl (C=O) groups is 1. The summed E-state index contributed by atoms with van der Waals surface area (Å²) in [6.07, 6.45) is 5.54. The zero-order valence-electron chi connectivity index (χ0n) is 12.8. The molecule has 0 atom stereocenters. The maximum atomic E-state index is 12.1. The first-order valence-electron chi connectivity index (χ1n) is 7.43. The molecule has 0 bridgehead atoms. The van der Waals surface area contributed by atoms with Crippen molar-refractivity contribution in [3.63, 3.8) is 0 Å². The number of nitrogens with one attached hydrogen (secondary N) is 1. The number of hydrogen-bond donors (Lipinski definition) is 1. The van der Waals surface area contributed by atoms with E-state index in [2.05, 4.69) is 12.2 Å². The molecule has 0 radical (unpaired) electrons. The second kappa shape index (κ2) is 8.90. The van der Waals surface area contributed by atoms with E-state index in [-0.39, 0.29) is 18.3 Å². The Labute approximate surface area is 133 Å². The summed E-state index contributed by atoms with van der Waals surface area (Å²) >= 11 is 0. The van der Waals surface area contributed by atoms with Gasteiger partial charge >= 0.3 is 0 Å². The highest BCUT2D eigenvalue weighted by Crippen LogP contribution is 2.17. The summed E-state index contributed by atoms with van der Waals surface area (Å²) in [5.74, 6) is 2.39. The van der Waals surface area contributed by atoms with Crippen molar-refractivity contribution < 1.29 is 9.21 Å². The normalized spacial score (nSPS) is 16.2. The highest BCUT2D eigenvalue weighted by Gasteiger charge is 2.20. The molecule has 1 aliphatic rings. The van der Waals surface area contributed by atoms with Gasteiger partial charge in [-0.15, -0.1) is 12.4 Å². The van der Waals surface area contributed by atoms with Crippen LogP contribution in [0.2, 0.25) is 0 Å². The van der Waals surface area contributed by atoms with E-state index in [1.807, 2.05) is 24.0 Å². The molecule has 1 aromatic heterocycles. The number of carbonyl (C=O) groups excluding carboxylic acids is 1. The molecule has 0 unspecified atom stereocenters. The van der Waals surface area contributed by atoms with Gasteiger partial charge in [-0.25, -0.2) is 0 Å². The van der Waals surface area contributed by atoms with Crippen LogP contribution in [0.25, 0.3) is 6.08 Å². The van der Waals surface area contributed by atoms with Gasteiger partial charge in [-0.1, -0.05) is 6.92 Å². The van der Waals surface area contributed by atoms with E-state index < -0.39 is 0 Å². The maximum absolute atomic E-state index is 12.1. The van der Waals surface area contributed by atoms with Gasteiger partial charge in [0.2, 0.25) is 5.91 Å². The largest absolute Gasteiger partial charge is 0.462 e. The Hall–Kier alpha value is -1.26. The number of halogens is 1. The van der Waals surface area contributed by atoms with Gasteiger partial charge in [0.15, 0.2) is 0 Å². The monoisotopic (exact) mass is 312 g/mol. The van der Waals surface area contributed by atoms with Gasteiger partial charge in [0, 0.05) is 19.2 Å². The van der Waals surface area contributed by atoms with Crippen LogP contribution in [0.4, 0.5) is 0 Å². The molecular formula is C16H25ClN2O2. The predicted octanol–water partition coefficient (Wildman–Crippen LogP) is 2.87. The van der Waals surface area contributed by atoms with E-state index in [1.54, 1.807) is 12.2 Å². The Balaban J connectivity index is 0.00000220. The Bertz CT molecular complexity index is 463. The van der Waals surface area contributed by atoms with E-state index in [4.69, 9.17) is 4.42 Å². The summed E-state index contributed by atoms with van der Waals surface area (Å²) < 4.78 is 5.42. The summed E-state index contributed by atoms with van der Waals surface area (Å²) in [5, 5.41) is 3.38. The van der Waals surface area contributed by atoms with Gasteiger partial charge in [0.25, 0.3) is 0 Å². The zero-order valence-corrected chi connectivity index (χ0v) is 13.6. The number of amides is 1. The van der Waals surface area contributed by atoms with Crippen molar-refractivity contribution in [2.45, 2.75) is 26.7 Å². The van der Waals surface area contributed by atoms with E-state index in [0.717, 1.165) is 50.5 Å². The van der Waals surface area contributed by atoms with Crippen molar-refractivity contribution in [3.05, 3.63) is 29.7 Å². The molecule has 0 saturated carbocycles. The first kappa shape index (κ1) is 17.8. The topological polar surface area (TPSA) is 45.5 Å². The number of nitrogens with zero attached hydrogens (tertiary/aromatic N) is 1. The van der Waals surface area contributed by atoms with Crippen LogP contribution in [0, 0.1) is 12.8 Å². The Kier molecular flexibility index (Phi) is 7.54. The Morgan fingerprint density at radius 3 is 2.71 bits per heavy atom. The summed E-state index contributed by atoms with van der Waals surface area (Å²) in [7, 11) is 0. The molecule has 0 aliphatic carbocycles. The number of piperidine rings is 1. The molecule has 5 heteroatoms. The van der Waals surface area contributed by atoms with Crippen LogP contribution < -0.4 is 5.32 Å². The van der Waals surface area contributed by atoms with Gasteiger partial charge in [-0.2, -0.15) is 0 Å². The fraction of sp³-hybridized carbons (Fsp3) is 0.562. The minimum Gasteiger partial charge on any atom is -0.462 e. The molecule has 1 amide bonds. The smallest absolute Gasteiger partial charge is 0.246 e. The lowest BCUT2D eigenvalue weighted by molar-refractivity contribution is -0.127. The van der Waals surface area contributed by atoms with Crippen molar-refractivity contribution in [3.8, 4) is 0 Å². The second-order valence-corrected chi connectivity index (χ2v) is 5.36. The maximum Gasteiger partial charge on any atom is 0.246 e. The SMILES string of the molecule is CCNCC1CCN(C(=O)/C=C/c2ccc(C)o2)CC1.Cl. The summed E-state index contributed by atoms with van der Waals surface area (Å²) in [5.41, 5.74) is 0. The highest BCUT2D eigenvalue weighted by atomic mass is 35.5. The third-order valence-electron chi connectivity index (χ3n) is 3.76. The van der Waals surface area contributed by atoms with Crippen LogP contribution in [0.1, 0.15) is 31.3 Å². The lowest BCUT2D eigenvalue weighted by Crippen LogP contribution is -2.40. The summed E-state index contributed by atoms with van der Waals surface area (Å²) in [6.45, 7) is 7.82. The third-order valence-corrected chi connectivity index (χ3v) is 3.76. The summed E-state index contributed by atoms with van der Waals surface area (Å²) in [4.78, 5) is 14.0. The molecule has 21 heavy (non-hydrogen) atoms. The van der Waals surface area contributed by atoms with Crippen LogP contribution in [0.5, 0.6) is 0 Å². The third kappa shape index (κ3) is 5.56. The molecule has 1 aromatic rings. The molecule has 0 aromatic carbocycles. The Morgan fingerprint density at radius 1 is 1.43 bits per heavy atom. The van der Waals surface area contributed by atoms with Crippen LogP contribution in [0.15, 0.2) is 22.6 Å². The molecule has 4 nitrogen and oxygen atoms in total. The van der Waals surface area contributed by atoms with Crippen molar-refractivity contribution in [2.24, 2.45) is 5.92 Å². The van der Waals surface area contributed by atoms with Crippen LogP contribution >= 0.6 is 12.4 Å². The van der Waals surface area contributed by atoms with Gasteiger partial charge < -0.3 is 14.6 Å². The standard InChI is InChI=1S/C16H24N2O2.ClH/c1-3-17-12-14-8-10-18(11-9-14)16(19)7-6-15-5-4-13(2)20-15;/h4-7,14,17H,3,8-12H2,1-2H3;1H/b7-6+;. The first-order valence-corrected chi connectivity index (χ1v) is 7.43. The molecule has 2 heterocycles. The minimum absolute atomic E-state index is 0. The molecule has 1 saturated heterocycles. The number of hydrogen-bond acceptors (Lipinski definition) is 3. The first-order chi connectivity index (χ1) is 9.69. The van der Waals surface area contributed by atoms with E-state index in [1.165, 1.54) is 0 Å². The number of aryl methyl sites for hydroxylation is 1. The van der Waals surface area contributed by atoms with E-state index in [9.17, 15) is 4.79 Å². The predicted molar refractivity (Wildman–Crippen MR) is 87.6 cm³/mol. The van der Waals surface area contributed by atoms with Crippen LogP contribution in [-0.2, 0) is 4.79 Å². The number of likely N-dealkylation sites (tertiary alicyclic amines) is 1. The minimum atomic E-state index is 0. The van der Waals surface area contributed by atoms with Gasteiger partial charge in [0.05, 0.1) is 0 Å². The average Bonchev–Trinajstić information content (AvgIpc) is 2.89. The second-order valence-electron chi connectivity index (χ2n) is 5.36. The van der Waals surface area contributed by atoms with Gasteiger partial charge in [-0.3, -0.25) is 4.79 Å². The van der Waals surface area contributed by atoms with E-state index >= 15 is 0 Å². The van der Waals surface area contributed by atoms with Gasteiger partial charge in [-0.05, 0) is 57.0 Å². The lowest BCUT2D eigenvalue weighted by atomic mass is 9.97. The Morgan fingerprint density at radius 2 is 2.14 bits per heavy atom. The fourth-order valence-electron chi connectivity index (χ4n) is 2.51. The molecule has 118 valence electrons.